The number of hydrogen-bond acceptors (Lipinski definition) is 3. The van der Waals surface area contributed by atoms with Crippen LogP contribution in [0.3, 0.4) is 0 Å². The fourth-order valence-corrected chi connectivity index (χ4v) is 3.85. The van der Waals surface area contributed by atoms with Crippen molar-refractivity contribution in [1.82, 2.24) is 20.5 Å². The van der Waals surface area contributed by atoms with E-state index in [9.17, 15) is 0 Å². The quantitative estimate of drug-likeness (QED) is 0.185. The van der Waals surface area contributed by atoms with E-state index in [1.54, 1.807) is 0 Å². The van der Waals surface area contributed by atoms with Crippen LogP contribution in [-0.2, 0) is 6.42 Å². The first-order valence-corrected chi connectivity index (χ1v) is 10.2. The van der Waals surface area contributed by atoms with E-state index in [0.717, 1.165) is 37.3 Å². The van der Waals surface area contributed by atoms with E-state index in [0.29, 0.717) is 5.15 Å². The van der Waals surface area contributed by atoms with Crippen molar-refractivity contribution in [3.8, 4) is 0 Å². The van der Waals surface area contributed by atoms with Crippen molar-refractivity contribution >= 4 is 41.5 Å². The summed E-state index contributed by atoms with van der Waals surface area (Å²) in [6.07, 6.45) is 6.51. The number of hydrogen-bond donors (Lipinski definition) is 2. The molecule has 0 amide bonds. The van der Waals surface area contributed by atoms with Gasteiger partial charge < -0.3 is 15.5 Å². The number of unbranched alkanes of at least 4 members (excludes halogenated alkanes) is 1. The molecule has 1 saturated heterocycles. The average molecular weight is 508 g/mol. The van der Waals surface area contributed by atoms with Crippen molar-refractivity contribution in [3.63, 3.8) is 0 Å². The molecule has 2 unspecified atom stereocenters. The molecule has 1 aliphatic heterocycles. The third-order valence-corrected chi connectivity index (χ3v) is 5.08. The predicted molar refractivity (Wildman–Crippen MR) is 126 cm³/mol. The second-order valence-electron chi connectivity index (χ2n) is 7.58. The summed E-state index contributed by atoms with van der Waals surface area (Å²) < 4.78 is 0. The highest BCUT2D eigenvalue weighted by atomic mass is 127. The Morgan fingerprint density at radius 3 is 2.52 bits per heavy atom. The molecule has 0 radical (unpaired) electrons. The molecular formula is C20H35ClIN5. The van der Waals surface area contributed by atoms with Crippen molar-refractivity contribution < 1.29 is 0 Å². The van der Waals surface area contributed by atoms with Gasteiger partial charge in [-0.2, -0.15) is 0 Å². The molecule has 2 heterocycles. The first kappa shape index (κ1) is 24.4. The Hall–Kier alpha value is -0.600. The summed E-state index contributed by atoms with van der Waals surface area (Å²) in [7, 11) is 1.82. The zero-order valence-corrected chi connectivity index (χ0v) is 20.0. The number of pyridine rings is 1. The second-order valence-corrected chi connectivity index (χ2v) is 7.96. The molecule has 27 heavy (non-hydrogen) atoms. The summed E-state index contributed by atoms with van der Waals surface area (Å²) in [5, 5.41) is 7.29. The fourth-order valence-electron chi connectivity index (χ4n) is 3.74. The number of piperidine rings is 1. The number of likely N-dealkylation sites (tertiary alicyclic amines) is 1. The number of nitrogens with zero attached hydrogens (tertiary/aromatic N) is 3. The molecule has 1 aromatic heterocycles. The first-order valence-electron chi connectivity index (χ1n) is 9.84. The van der Waals surface area contributed by atoms with Crippen molar-refractivity contribution in [2.24, 2.45) is 16.8 Å². The molecular weight excluding hydrogens is 473 g/mol. The molecule has 1 aliphatic rings. The molecule has 0 aromatic carbocycles. The molecule has 1 aromatic rings. The number of halogens is 2. The minimum absolute atomic E-state index is 0. The van der Waals surface area contributed by atoms with Crippen LogP contribution in [0, 0.1) is 11.8 Å². The number of aromatic nitrogens is 1. The van der Waals surface area contributed by atoms with Gasteiger partial charge in [0.25, 0.3) is 0 Å². The minimum atomic E-state index is 0. The Kier molecular flexibility index (Phi) is 12.3. The summed E-state index contributed by atoms with van der Waals surface area (Å²) in [6.45, 7) is 10.3. The SMILES string of the molecule is CN=C(NCCCCN1CC(C)CC(C)C1)NCCc1ccc(Cl)nc1.I. The lowest BCUT2D eigenvalue weighted by Gasteiger charge is -2.34. The van der Waals surface area contributed by atoms with Crippen molar-refractivity contribution in [2.75, 3.05) is 39.8 Å². The Morgan fingerprint density at radius 1 is 1.19 bits per heavy atom. The average Bonchev–Trinajstić information content (AvgIpc) is 2.60. The van der Waals surface area contributed by atoms with Gasteiger partial charge in [0.1, 0.15) is 5.15 Å². The smallest absolute Gasteiger partial charge is 0.190 e. The number of guanidine groups is 1. The number of nitrogens with one attached hydrogen (secondary N) is 2. The molecule has 0 spiro atoms. The van der Waals surface area contributed by atoms with E-state index in [1.165, 1.54) is 44.5 Å². The van der Waals surface area contributed by atoms with Crippen LogP contribution < -0.4 is 10.6 Å². The molecule has 5 nitrogen and oxygen atoms in total. The molecule has 1 fully saturated rings. The normalized spacial score (nSPS) is 20.8. The highest BCUT2D eigenvalue weighted by Gasteiger charge is 2.20. The zero-order chi connectivity index (χ0) is 18.8. The van der Waals surface area contributed by atoms with Crippen molar-refractivity contribution in [1.29, 1.82) is 0 Å². The first-order chi connectivity index (χ1) is 12.6. The molecule has 7 heteroatoms. The van der Waals surface area contributed by atoms with Gasteiger partial charge in [0, 0.05) is 39.4 Å². The van der Waals surface area contributed by atoms with Crippen LogP contribution in [0.5, 0.6) is 0 Å². The lowest BCUT2D eigenvalue weighted by molar-refractivity contribution is 0.139. The van der Waals surface area contributed by atoms with Crippen LogP contribution in [0.1, 0.15) is 38.7 Å². The maximum absolute atomic E-state index is 5.81. The summed E-state index contributed by atoms with van der Waals surface area (Å²) in [5.74, 6) is 2.55. The predicted octanol–water partition coefficient (Wildman–Crippen LogP) is 3.82. The topological polar surface area (TPSA) is 52.6 Å². The van der Waals surface area contributed by atoms with Crippen LogP contribution in [0.2, 0.25) is 5.15 Å². The standard InChI is InChI=1S/C20H34ClN5.HI/c1-16-12-17(2)15-26(14-16)11-5-4-9-23-20(22-3)24-10-8-18-6-7-19(21)25-13-18;/h6-7,13,16-17H,4-5,8-12,14-15H2,1-3H3,(H2,22,23,24);1H. The molecule has 2 N–H and O–H groups in total. The summed E-state index contributed by atoms with van der Waals surface area (Å²) >= 11 is 5.81. The van der Waals surface area contributed by atoms with Crippen LogP contribution in [0.25, 0.3) is 0 Å². The minimum Gasteiger partial charge on any atom is -0.356 e. The van der Waals surface area contributed by atoms with E-state index in [1.807, 2.05) is 25.4 Å². The molecule has 2 atom stereocenters. The van der Waals surface area contributed by atoms with Crippen molar-refractivity contribution in [3.05, 3.63) is 29.0 Å². The summed E-state index contributed by atoms with van der Waals surface area (Å²) in [5.41, 5.74) is 1.17. The van der Waals surface area contributed by atoms with E-state index < -0.39 is 0 Å². The van der Waals surface area contributed by atoms with Gasteiger partial charge in [-0.1, -0.05) is 31.5 Å². The summed E-state index contributed by atoms with van der Waals surface area (Å²) in [6, 6.07) is 3.84. The molecule has 0 bridgehead atoms. The lowest BCUT2D eigenvalue weighted by Crippen LogP contribution is -2.40. The highest BCUT2D eigenvalue weighted by molar-refractivity contribution is 14.0. The maximum atomic E-state index is 5.81. The van der Waals surface area contributed by atoms with Crippen molar-refractivity contribution in [2.45, 2.75) is 39.5 Å². The van der Waals surface area contributed by atoms with Crippen LogP contribution in [0.15, 0.2) is 23.3 Å². The lowest BCUT2D eigenvalue weighted by atomic mass is 9.92. The van der Waals surface area contributed by atoms with Gasteiger partial charge in [-0.25, -0.2) is 4.98 Å². The van der Waals surface area contributed by atoms with Gasteiger partial charge >= 0.3 is 0 Å². The van der Waals surface area contributed by atoms with Gasteiger partial charge in [0.15, 0.2) is 5.96 Å². The van der Waals surface area contributed by atoms with Crippen LogP contribution >= 0.6 is 35.6 Å². The van der Waals surface area contributed by atoms with E-state index in [4.69, 9.17) is 11.6 Å². The second kappa shape index (κ2) is 13.6. The molecule has 0 saturated carbocycles. The van der Waals surface area contributed by atoms with Crippen LogP contribution in [-0.4, -0.2) is 55.6 Å². The van der Waals surface area contributed by atoms with E-state index in [-0.39, 0.29) is 24.0 Å². The molecule has 2 rings (SSSR count). The Bertz CT molecular complexity index is 542. The molecule has 0 aliphatic carbocycles. The van der Waals surface area contributed by atoms with Gasteiger partial charge in [0.05, 0.1) is 0 Å². The largest absolute Gasteiger partial charge is 0.356 e. The third kappa shape index (κ3) is 9.94. The van der Waals surface area contributed by atoms with Gasteiger partial charge in [-0.15, -0.1) is 24.0 Å². The van der Waals surface area contributed by atoms with Gasteiger partial charge in [-0.3, -0.25) is 4.99 Å². The number of rotatable bonds is 8. The fraction of sp³-hybridized carbons (Fsp3) is 0.700. The van der Waals surface area contributed by atoms with Crippen LogP contribution in [0.4, 0.5) is 0 Å². The van der Waals surface area contributed by atoms with E-state index in [2.05, 4.69) is 39.4 Å². The van der Waals surface area contributed by atoms with Gasteiger partial charge in [-0.05, 0) is 55.7 Å². The van der Waals surface area contributed by atoms with E-state index >= 15 is 0 Å². The highest BCUT2D eigenvalue weighted by Crippen LogP contribution is 2.20. The third-order valence-electron chi connectivity index (χ3n) is 4.86. The summed E-state index contributed by atoms with van der Waals surface area (Å²) in [4.78, 5) is 11.0. The monoisotopic (exact) mass is 507 g/mol. The Morgan fingerprint density at radius 2 is 1.89 bits per heavy atom. The zero-order valence-electron chi connectivity index (χ0n) is 16.9. The Balaban J connectivity index is 0.00000364. The number of aliphatic imine (C=N–C) groups is 1. The maximum Gasteiger partial charge on any atom is 0.190 e. The van der Waals surface area contributed by atoms with Gasteiger partial charge in [0.2, 0.25) is 0 Å². The molecule has 154 valence electrons. The Labute approximate surface area is 186 Å².